The number of hydroxylamine groups is 4. The molecule has 0 amide bonds. The maximum Gasteiger partial charge on any atom is 0.159 e. The van der Waals surface area contributed by atoms with E-state index in [-0.39, 0.29) is 0 Å². The van der Waals surface area contributed by atoms with Gasteiger partial charge in [0.25, 0.3) is 0 Å². The Morgan fingerprint density at radius 3 is 0.905 bits per heavy atom. The molecule has 0 saturated heterocycles. The Labute approximate surface area is 251 Å². The third-order valence-electron chi connectivity index (χ3n) is 10.0. The Bertz CT molecular complexity index is 1370. The number of hydrogen-bond donors (Lipinski definition) is 0. The lowest BCUT2D eigenvalue weighted by atomic mass is 9.84. The number of aryl methyl sites for hydroxylation is 4. The van der Waals surface area contributed by atoms with E-state index in [0.717, 1.165) is 46.9 Å². The lowest BCUT2D eigenvalue weighted by molar-refractivity contribution is -0.158. The van der Waals surface area contributed by atoms with Gasteiger partial charge < -0.3 is 0 Å². The zero-order valence-electron chi connectivity index (χ0n) is 26.4. The molecular weight excluding hydrogens is 520 g/mol. The van der Waals surface area contributed by atoms with Crippen molar-refractivity contribution in [2.24, 2.45) is 9.98 Å². The molecule has 5 rings (SSSR count). The van der Waals surface area contributed by atoms with Crippen LogP contribution >= 0.6 is 0 Å². The van der Waals surface area contributed by atoms with E-state index < -0.39 is 22.2 Å². The molecule has 0 atom stereocenters. The first-order chi connectivity index (χ1) is 19.6. The monoisotopic (exact) mass is 564 g/mol. The molecule has 0 spiro atoms. The van der Waals surface area contributed by atoms with Crippen LogP contribution in [0, 0.1) is 0 Å². The van der Waals surface area contributed by atoms with E-state index in [1.807, 2.05) is 79.7 Å². The molecule has 0 bridgehead atoms. The summed E-state index contributed by atoms with van der Waals surface area (Å²) >= 11 is 0. The summed E-state index contributed by atoms with van der Waals surface area (Å²) in [6.45, 7) is 15.8. The highest BCUT2D eigenvalue weighted by Crippen LogP contribution is 2.39. The third-order valence-corrected chi connectivity index (χ3v) is 10.0. The van der Waals surface area contributed by atoms with Crippen molar-refractivity contribution in [2.75, 3.05) is 0 Å². The van der Waals surface area contributed by atoms with Gasteiger partial charge in [-0.15, -0.1) is 0 Å². The van der Waals surface area contributed by atoms with Gasteiger partial charge >= 0.3 is 0 Å². The highest BCUT2D eigenvalue weighted by atomic mass is 16.5. The van der Waals surface area contributed by atoms with Crippen LogP contribution in [0.25, 0.3) is 0 Å². The first-order valence-electron chi connectivity index (χ1n) is 15.0. The molecule has 3 aromatic carbocycles. The number of aliphatic imine (C=N–C) groups is 2. The summed E-state index contributed by atoms with van der Waals surface area (Å²) in [5, 5.41) is 27.9. The SMILES string of the molecule is CC1(C)N=C(c2ccc(CCc3ccc(CCc4ccc(C5=NC(C)(C)C(C)(C)N5[O])cc4)cc3)cc2)N([O])C1(C)C. The molecular formula is C36H44N4O2. The van der Waals surface area contributed by atoms with Gasteiger partial charge in [0.1, 0.15) is 0 Å². The Hall–Kier alpha value is -3.48. The highest BCUT2D eigenvalue weighted by molar-refractivity contribution is 6.01. The van der Waals surface area contributed by atoms with Crippen molar-refractivity contribution in [3.8, 4) is 0 Å². The van der Waals surface area contributed by atoms with Crippen LogP contribution < -0.4 is 0 Å². The van der Waals surface area contributed by atoms with Crippen molar-refractivity contribution in [1.82, 2.24) is 10.1 Å². The quantitative estimate of drug-likeness (QED) is 0.291. The van der Waals surface area contributed by atoms with Crippen LogP contribution in [0.2, 0.25) is 0 Å². The number of hydrogen-bond acceptors (Lipinski definition) is 4. The smallest absolute Gasteiger partial charge is 0.159 e. The van der Waals surface area contributed by atoms with Crippen molar-refractivity contribution in [3.05, 3.63) is 106 Å². The molecule has 0 saturated carbocycles. The van der Waals surface area contributed by atoms with Crippen molar-refractivity contribution < 1.29 is 10.4 Å². The summed E-state index contributed by atoms with van der Waals surface area (Å²) in [6.07, 6.45) is 3.81. The Morgan fingerprint density at radius 2 is 0.690 bits per heavy atom. The van der Waals surface area contributed by atoms with E-state index in [9.17, 15) is 10.4 Å². The van der Waals surface area contributed by atoms with Crippen molar-refractivity contribution in [2.45, 2.75) is 103 Å². The van der Waals surface area contributed by atoms with Gasteiger partial charge in [0, 0.05) is 11.1 Å². The van der Waals surface area contributed by atoms with Gasteiger partial charge in [-0.2, -0.15) is 10.1 Å². The fraction of sp³-hybridized carbons (Fsp3) is 0.444. The van der Waals surface area contributed by atoms with Crippen LogP contribution in [-0.2, 0) is 36.1 Å². The molecule has 0 N–H and O–H groups in total. The van der Waals surface area contributed by atoms with Gasteiger partial charge in [-0.05, 0) is 103 Å². The summed E-state index contributed by atoms with van der Waals surface area (Å²) in [4.78, 5) is 9.47. The maximum absolute atomic E-state index is 12.9. The molecule has 2 heterocycles. The average Bonchev–Trinajstić information content (AvgIpc) is 3.23. The largest absolute Gasteiger partial charge is 0.257 e. The second kappa shape index (κ2) is 10.7. The average molecular weight is 565 g/mol. The van der Waals surface area contributed by atoms with E-state index in [1.165, 1.54) is 22.3 Å². The van der Waals surface area contributed by atoms with Crippen LogP contribution in [0.1, 0.15) is 88.8 Å². The predicted octanol–water partition coefficient (Wildman–Crippen LogP) is 7.19. The minimum Gasteiger partial charge on any atom is -0.257 e. The van der Waals surface area contributed by atoms with Crippen LogP contribution in [-0.4, -0.2) is 44.0 Å². The summed E-state index contributed by atoms with van der Waals surface area (Å²) in [7, 11) is 0. The van der Waals surface area contributed by atoms with Gasteiger partial charge in [0.2, 0.25) is 0 Å². The molecule has 2 radical (unpaired) electrons. The van der Waals surface area contributed by atoms with Crippen LogP contribution in [0.5, 0.6) is 0 Å². The Morgan fingerprint density at radius 1 is 0.452 bits per heavy atom. The standard InChI is InChI=1S/C36H44N4O2/c1-33(2)35(5,6)39(41)31(37-33)29-21-17-27(18-22-29)15-13-25-9-11-26(12-10-25)14-16-28-19-23-30(24-20-28)32-38-34(3,4)36(7,8)40(32)42/h9-12,17-24H,13-16H2,1-8H3. The lowest BCUT2D eigenvalue weighted by Gasteiger charge is -2.35. The predicted molar refractivity (Wildman–Crippen MR) is 169 cm³/mol. The second-order valence-corrected chi connectivity index (χ2v) is 13.9. The molecule has 2 aliphatic rings. The normalized spacial score (nSPS) is 20.0. The van der Waals surface area contributed by atoms with E-state index in [1.54, 1.807) is 0 Å². The van der Waals surface area contributed by atoms with Gasteiger partial charge in [0.15, 0.2) is 11.7 Å². The van der Waals surface area contributed by atoms with E-state index in [4.69, 9.17) is 9.98 Å². The van der Waals surface area contributed by atoms with Gasteiger partial charge in [-0.3, -0.25) is 9.98 Å². The first kappa shape index (κ1) is 30.0. The van der Waals surface area contributed by atoms with Gasteiger partial charge in [0.05, 0.1) is 22.2 Å². The number of nitrogens with zero attached hydrogens (tertiary/aromatic N) is 4. The Balaban J connectivity index is 1.13. The Kier molecular flexibility index (Phi) is 7.61. The molecule has 42 heavy (non-hydrogen) atoms. The number of rotatable bonds is 8. The summed E-state index contributed by atoms with van der Waals surface area (Å²) < 4.78 is 0. The zero-order chi connectivity index (χ0) is 30.5. The molecule has 0 aromatic heterocycles. The molecule has 0 fully saturated rings. The maximum atomic E-state index is 12.9. The van der Waals surface area contributed by atoms with Crippen LogP contribution in [0.3, 0.4) is 0 Å². The molecule has 6 heteroatoms. The van der Waals surface area contributed by atoms with E-state index in [2.05, 4.69) is 48.5 Å². The van der Waals surface area contributed by atoms with E-state index >= 15 is 0 Å². The lowest BCUT2D eigenvalue weighted by Crippen LogP contribution is -2.50. The minimum atomic E-state index is -0.571. The zero-order valence-corrected chi connectivity index (χ0v) is 26.4. The minimum absolute atomic E-state index is 0.430. The van der Waals surface area contributed by atoms with Gasteiger partial charge in [-0.25, -0.2) is 0 Å². The van der Waals surface area contributed by atoms with Gasteiger partial charge in [-0.1, -0.05) is 83.2 Å². The summed E-state index contributed by atoms with van der Waals surface area (Å²) in [5.74, 6) is 1.04. The third kappa shape index (κ3) is 5.38. The number of benzene rings is 3. The van der Waals surface area contributed by atoms with Crippen LogP contribution in [0.4, 0.5) is 0 Å². The number of amidine groups is 2. The molecule has 0 aliphatic carbocycles. The topological polar surface area (TPSA) is 71.0 Å². The molecule has 0 unspecified atom stereocenters. The van der Waals surface area contributed by atoms with Crippen LogP contribution in [0.15, 0.2) is 82.8 Å². The summed E-state index contributed by atoms with van der Waals surface area (Å²) in [6, 6.07) is 25.4. The van der Waals surface area contributed by atoms with Crippen molar-refractivity contribution in [3.63, 3.8) is 0 Å². The fourth-order valence-corrected chi connectivity index (χ4v) is 5.37. The first-order valence-corrected chi connectivity index (χ1v) is 15.0. The fourth-order valence-electron chi connectivity index (χ4n) is 5.37. The summed E-state index contributed by atoms with van der Waals surface area (Å²) in [5.41, 5.74) is 4.86. The van der Waals surface area contributed by atoms with Crippen molar-refractivity contribution in [1.29, 1.82) is 0 Å². The second-order valence-electron chi connectivity index (χ2n) is 13.9. The van der Waals surface area contributed by atoms with Crippen molar-refractivity contribution >= 4 is 11.7 Å². The van der Waals surface area contributed by atoms with E-state index in [0.29, 0.717) is 11.7 Å². The molecule has 3 aromatic rings. The molecule has 220 valence electrons. The molecule has 2 aliphatic heterocycles. The highest BCUT2D eigenvalue weighted by Gasteiger charge is 2.51. The molecule has 6 nitrogen and oxygen atoms in total.